The highest BCUT2D eigenvalue weighted by atomic mass is 35.5. The van der Waals surface area contributed by atoms with Gasteiger partial charge in [-0.25, -0.2) is 0 Å². The molecular formula is C17H24ClNO4. The average molecular weight is 342 g/mol. The smallest absolute Gasteiger partial charge is 0.325 e. The summed E-state index contributed by atoms with van der Waals surface area (Å²) < 4.78 is 15.4. The number of esters is 1. The van der Waals surface area contributed by atoms with Crippen molar-refractivity contribution in [3.05, 3.63) is 22.7 Å². The van der Waals surface area contributed by atoms with Crippen molar-refractivity contribution >= 4 is 23.3 Å². The first-order valence-electron chi connectivity index (χ1n) is 7.76. The molecule has 5 nitrogen and oxygen atoms in total. The molecule has 1 aliphatic carbocycles. The van der Waals surface area contributed by atoms with Gasteiger partial charge >= 0.3 is 5.97 Å². The summed E-state index contributed by atoms with van der Waals surface area (Å²) in [7, 11) is 3.20. The fourth-order valence-corrected chi connectivity index (χ4v) is 2.77. The van der Waals surface area contributed by atoms with Crippen LogP contribution in [0.5, 0.6) is 5.75 Å². The van der Waals surface area contributed by atoms with Gasteiger partial charge in [0, 0.05) is 31.2 Å². The largest absolute Gasteiger partial charge is 0.495 e. The lowest BCUT2D eigenvalue weighted by atomic mass is 9.97. The van der Waals surface area contributed by atoms with Crippen molar-refractivity contribution in [3.8, 4) is 5.75 Å². The van der Waals surface area contributed by atoms with Crippen LogP contribution in [0.2, 0.25) is 5.02 Å². The van der Waals surface area contributed by atoms with Crippen molar-refractivity contribution in [2.45, 2.75) is 31.6 Å². The highest BCUT2D eigenvalue weighted by Crippen LogP contribution is 2.51. The maximum Gasteiger partial charge on any atom is 0.325 e. The van der Waals surface area contributed by atoms with Gasteiger partial charge in [-0.3, -0.25) is 4.79 Å². The normalized spacial score (nSPS) is 15.1. The lowest BCUT2D eigenvalue weighted by molar-refractivity contribution is -0.141. The van der Waals surface area contributed by atoms with Crippen molar-refractivity contribution in [1.29, 1.82) is 0 Å². The Labute approximate surface area is 142 Å². The van der Waals surface area contributed by atoms with Crippen LogP contribution in [-0.4, -0.2) is 39.9 Å². The molecule has 1 aromatic carbocycles. The molecule has 0 saturated heterocycles. The second-order valence-electron chi connectivity index (χ2n) is 6.01. The fourth-order valence-electron chi connectivity index (χ4n) is 2.39. The molecule has 0 amide bonds. The molecule has 1 N–H and O–H groups in total. The Balaban J connectivity index is 1.97. The Morgan fingerprint density at radius 3 is 2.65 bits per heavy atom. The van der Waals surface area contributed by atoms with E-state index >= 15 is 0 Å². The first kappa shape index (κ1) is 17.9. The third-order valence-corrected chi connectivity index (χ3v) is 4.43. The van der Waals surface area contributed by atoms with Gasteiger partial charge < -0.3 is 19.5 Å². The molecule has 1 saturated carbocycles. The quantitative estimate of drug-likeness (QED) is 0.551. The van der Waals surface area contributed by atoms with Gasteiger partial charge in [-0.2, -0.15) is 0 Å². The number of hydrogen-bond donors (Lipinski definition) is 1. The third-order valence-electron chi connectivity index (χ3n) is 4.12. The number of hydrogen-bond acceptors (Lipinski definition) is 5. The van der Waals surface area contributed by atoms with E-state index in [1.165, 1.54) is 0 Å². The topological polar surface area (TPSA) is 56.8 Å². The van der Waals surface area contributed by atoms with Gasteiger partial charge in [-0.05, 0) is 29.9 Å². The minimum atomic E-state index is -0.308. The number of anilines is 1. The summed E-state index contributed by atoms with van der Waals surface area (Å²) >= 11 is 6.35. The van der Waals surface area contributed by atoms with Crippen molar-refractivity contribution in [2.75, 3.05) is 39.3 Å². The maximum absolute atomic E-state index is 11.7. The summed E-state index contributed by atoms with van der Waals surface area (Å²) in [4.78, 5) is 11.7. The monoisotopic (exact) mass is 341 g/mol. The summed E-state index contributed by atoms with van der Waals surface area (Å²) in [6.07, 6.45) is 2.94. The Morgan fingerprint density at radius 2 is 2.04 bits per heavy atom. The van der Waals surface area contributed by atoms with Crippen molar-refractivity contribution in [2.24, 2.45) is 0 Å². The Morgan fingerprint density at radius 1 is 1.30 bits per heavy atom. The second kappa shape index (κ2) is 7.88. The van der Waals surface area contributed by atoms with Crippen LogP contribution >= 0.6 is 11.6 Å². The van der Waals surface area contributed by atoms with E-state index in [1.54, 1.807) is 20.3 Å². The third kappa shape index (κ3) is 4.75. The number of benzene rings is 1. The summed E-state index contributed by atoms with van der Waals surface area (Å²) in [5, 5.41) is 3.79. The van der Waals surface area contributed by atoms with E-state index in [-0.39, 0.29) is 17.9 Å². The van der Waals surface area contributed by atoms with Gasteiger partial charge in [-0.1, -0.05) is 18.5 Å². The van der Waals surface area contributed by atoms with Crippen LogP contribution in [0.3, 0.4) is 0 Å². The van der Waals surface area contributed by atoms with Crippen molar-refractivity contribution < 1.29 is 19.0 Å². The SMILES string of the molecule is COCCCOC(=O)CNc1cc(C2(C)CC2)c(Cl)cc1OC. The predicted molar refractivity (Wildman–Crippen MR) is 90.5 cm³/mol. The van der Waals surface area contributed by atoms with E-state index in [0.717, 1.165) is 24.1 Å². The van der Waals surface area contributed by atoms with Crippen molar-refractivity contribution in [3.63, 3.8) is 0 Å². The van der Waals surface area contributed by atoms with E-state index in [0.29, 0.717) is 30.4 Å². The number of carbonyl (C=O) groups excluding carboxylic acids is 1. The van der Waals surface area contributed by atoms with Crippen molar-refractivity contribution in [1.82, 2.24) is 0 Å². The van der Waals surface area contributed by atoms with E-state index < -0.39 is 0 Å². The lowest BCUT2D eigenvalue weighted by Gasteiger charge is -2.17. The molecule has 1 aliphatic rings. The molecular weight excluding hydrogens is 318 g/mol. The minimum absolute atomic E-state index is 0.0845. The summed E-state index contributed by atoms with van der Waals surface area (Å²) in [5.41, 5.74) is 1.99. The zero-order chi connectivity index (χ0) is 16.9. The number of rotatable bonds is 9. The molecule has 1 aromatic rings. The van der Waals surface area contributed by atoms with E-state index in [2.05, 4.69) is 12.2 Å². The van der Waals surface area contributed by atoms with Crippen LogP contribution in [0, 0.1) is 0 Å². The molecule has 0 heterocycles. The van der Waals surface area contributed by atoms with Crippen LogP contribution in [0.15, 0.2) is 12.1 Å². The molecule has 1 fully saturated rings. The van der Waals surface area contributed by atoms with Gasteiger partial charge in [0.2, 0.25) is 0 Å². The molecule has 0 bridgehead atoms. The van der Waals surface area contributed by atoms with Crippen LogP contribution in [0.1, 0.15) is 31.7 Å². The molecule has 128 valence electrons. The van der Waals surface area contributed by atoms with Gasteiger partial charge in [-0.15, -0.1) is 0 Å². The minimum Gasteiger partial charge on any atom is -0.495 e. The molecule has 23 heavy (non-hydrogen) atoms. The summed E-state index contributed by atoms with van der Waals surface area (Å²) in [6.45, 7) is 3.21. The van der Waals surface area contributed by atoms with Gasteiger partial charge in [0.05, 0.1) is 19.4 Å². The Bertz CT molecular complexity index is 558. The Hall–Kier alpha value is -1.46. The Kier molecular flexibility index (Phi) is 6.13. The maximum atomic E-state index is 11.7. The van der Waals surface area contributed by atoms with Crippen LogP contribution < -0.4 is 10.1 Å². The molecule has 0 radical (unpaired) electrons. The van der Waals surface area contributed by atoms with Crippen LogP contribution in [0.25, 0.3) is 0 Å². The molecule has 0 aliphatic heterocycles. The van der Waals surface area contributed by atoms with Gasteiger partial charge in [0.25, 0.3) is 0 Å². The zero-order valence-electron chi connectivity index (χ0n) is 13.9. The van der Waals surface area contributed by atoms with Crippen LogP contribution in [-0.2, 0) is 19.7 Å². The van der Waals surface area contributed by atoms with E-state index in [1.807, 2.05) is 6.07 Å². The average Bonchev–Trinajstić information content (AvgIpc) is 3.28. The molecule has 0 aromatic heterocycles. The first-order valence-corrected chi connectivity index (χ1v) is 8.14. The number of ether oxygens (including phenoxy) is 3. The summed E-state index contributed by atoms with van der Waals surface area (Å²) in [5.74, 6) is 0.312. The molecule has 0 unspecified atom stereocenters. The molecule has 0 spiro atoms. The number of carbonyl (C=O) groups is 1. The first-order chi connectivity index (χ1) is 11.0. The van der Waals surface area contributed by atoms with E-state index in [9.17, 15) is 4.79 Å². The lowest BCUT2D eigenvalue weighted by Crippen LogP contribution is -2.18. The molecule has 6 heteroatoms. The second-order valence-corrected chi connectivity index (χ2v) is 6.42. The predicted octanol–water partition coefficient (Wildman–Crippen LogP) is 3.39. The summed E-state index contributed by atoms with van der Waals surface area (Å²) in [6, 6.07) is 3.78. The zero-order valence-corrected chi connectivity index (χ0v) is 14.7. The highest BCUT2D eigenvalue weighted by Gasteiger charge is 2.41. The van der Waals surface area contributed by atoms with Gasteiger partial charge in [0.15, 0.2) is 0 Å². The highest BCUT2D eigenvalue weighted by molar-refractivity contribution is 6.31. The molecule has 0 atom stereocenters. The van der Waals surface area contributed by atoms with Crippen LogP contribution in [0.4, 0.5) is 5.69 Å². The van der Waals surface area contributed by atoms with Gasteiger partial charge in [0.1, 0.15) is 12.3 Å². The number of halogens is 1. The van der Waals surface area contributed by atoms with E-state index in [4.69, 9.17) is 25.8 Å². The number of nitrogens with one attached hydrogen (secondary N) is 1. The fraction of sp³-hybridized carbons (Fsp3) is 0.588. The standard InChI is InChI=1S/C17H24ClNO4/c1-17(5-6-17)12-9-14(15(22-3)10-13(12)18)19-11-16(20)23-8-4-7-21-2/h9-10,19H,4-8,11H2,1-3H3. The molecule has 2 rings (SSSR count). The number of methoxy groups -OCH3 is 2.